The molecule has 0 radical (unpaired) electrons. The van der Waals surface area contributed by atoms with Crippen molar-refractivity contribution in [2.75, 3.05) is 24.2 Å². The Balaban J connectivity index is 2.81. The van der Waals surface area contributed by atoms with Gasteiger partial charge in [-0.2, -0.15) is 13.2 Å². The van der Waals surface area contributed by atoms with Gasteiger partial charge in [0.25, 0.3) is 0 Å². The molecule has 1 heterocycles. The van der Waals surface area contributed by atoms with Gasteiger partial charge in [0.1, 0.15) is 5.82 Å². The van der Waals surface area contributed by atoms with Gasteiger partial charge >= 0.3 is 11.9 Å². The SMILES string of the molecule is CNc1ccc([N+](=O)[O-])c(NCCC(F)(F)F)n1. The minimum Gasteiger partial charge on any atom is -0.373 e. The molecular formula is C9H11F3N4O2. The van der Waals surface area contributed by atoms with E-state index in [4.69, 9.17) is 0 Å². The highest BCUT2D eigenvalue weighted by Gasteiger charge is 2.27. The lowest BCUT2D eigenvalue weighted by molar-refractivity contribution is -0.384. The van der Waals surface area contributed by atoms with Crippen LogP contribution in [0.4, 0.5) is 30.5 Å². The van der Waals surface area contributed by atoms with Crippen molar-refractivity contribution in [3.63, 3.8) is 0 Å². The minimum absolute atomic E-state index is 0.184. The van der Waals surface area contributed by atoms with E-state index in [-0.39, 0.29) is 11.5 Å². The van der Waals surface area contributed by atoms with Gasteiger partial charge in [0.05, 0.1) is 11.3 Å². The maximum Gasteiger partial charge on any atom is 0.390 e. The van der Waals surface area contributed by atoms with E-state index >= 15 is 0 Å². The normalized spacial score (nSPS) is 11.1. The van der Waals surface area contributed by atoms with E-state index in [2.05, 4.69) is 15.6 Å². The molecule has 0 aliphatic heterocycles. The monoisotopic (exact) mass is 264 g/mol. The number of hydrogen-bond donors (Lipinski definition) is 2. The first kappa shape index (κ1) is 14.0. The molecule has 0 bridgehead atoms. The maximum atomic E-state index is 12.0. The van der Waals surface area contributed by atoms with Crippen molar-refractivity contribution in [1.29, 1.82) is 0 Å². The Morgan fingerprint density at radius 3 is 2.61 bits per heavy atom. The predicted molar refractivity (Wildman–Crippen MR) is 59.6 cm³/mol. The van der Waals surface area contributed by atoms with Crippen LogP contribution in [0.5, 0.6) is 0 Å². The first-order chi connectivity index (χ1) is 8.33. The van der Waals surface area contributed by atoms with Gasteiger partial charge in [-0.3, -0.25) is 10.1 Å². The van der Waals surface area contributed by atoms with Crippen molar-refractivity contribution in [3.05, 3.63) is 22.2 Å². The van der Waals surface area contributed by atoms with Crippen LogP contribution in [0.15, 0.2) is 12.1 Å². The molecule has 2 N–H and O–H groups in total. The Bertz CT molecular complexity index is 436. The number of nitrogens with one attached hydrogen (secondary N) is 2. The molecule has 18 heavy (non-hydrogen) atoms. The third-order valence-corrected chi connectivity index (χ3v) is 2.03. The Hall–Kier alpha value is -2.06. The number of aromatic nitrogens is 1. The third-order valence-electron chi connectivity index (χ3n) is 2.03. The maximum absolute atomic E-state index is 12.0. The van der Waals surface area contributed by atoms with Crippen LogP contribution in [0.25, 0.3) is 0 Å². The van der Waals surface area contributed by atoms with Crippen molar-refractivity contribution in [1.82, 2.24) is 4.98 Å². The zero-order valence-electron chi connectivity index (χ0n) is 9.41. The van der Waals surface area contributed by atoms with E-state index in [1.807, 2.05) is 0 Å². The summed E-state index contributed by atoms with van der Waals surface area (Å²) >= 11 is 0. The van der Waals surface area contributed by atoms with Crippen LogP contribution in [0.3, 0.4) is 0 Å². The van der Waals surface area contributed by atoms with Crippen LogP contribution >= 0.6 is 0 Å². The molecular weight excluding hydrogens is 253 g/mol. The van der Waals surface area contributed by atoms with Crippen LogP contribution in [-0.2, 0) is 0 Å². The number of rotatable bonds is 5. The fourth-order valence-corrected chi connectivity index (χ4v) is 1.19. The zero-order chi connectivity index (χ0) is 13.8. The lowest BCUT2D eigenvalue weighted by Gasteiger charge is -2.09. The smallest absolute Gasteiger partial charge is 0.373 e. The van der Waals surface area contributed by atoms with Gasteiger partial charge in [-0.1, -0.05) is 0 Å². The molecule has 1 rings (SSSR count). The second kappa shape index (κ2) is 5.52. The fraction of sp³-hybridized carbons (Fsp3) is 0.444. The van der Waals surface area contributed by atoms with Gasteiger partial charge in [-0.05, 0) is 6.07 Å². The molecule has 0 aliphatic rings. The number of hydrogen-bond acceptors (Lipinski definition) is 5. The average Bonchev–Trinajstić information content (AvgIpc) is 2.26. The van der Waals surface area contributed by atoms with E-state index in [0.29, 0.717) is 5.82 Å². The molecule has 100 valence electrons. The van der Waals surface area contributed by atoms with Gasteiger partial charge in [-0.15, -0.1) is 0 Å². The Kier molecular flexibility index (Phi) is 4.29. The summed E-state index contributed by atoms with van der Waals surface area (Å²) in [5, 5.41) is 15.6. The van der Waals surface area contributed by atoms with E-state index in [1.54, 1.807) is 7.05 Å². The topological polar surface area (TPSA) is 80.1 Å². The van der Waals surface area contributed by atoms with E-state index < -0.39 is 24.1 Å². The molecule has 0 spiro atoms. The Morgan fingerprint density at radius 1 is 1.44 bits per heavy atom. The molecule has 0 saturated heterocycles. The van der Waals surface area contributed by atoms with Crippen LogP contribution < -0.4 is 10.6 Å². The van der Waals surface area contributed by atoms with E-state index in [1.165, 1.54) is 12.1 Å². The second-order valence-electron chi connectivity index (χ2n) is 3.36. The van der Waals surface area contributed by atoms with Crippen molar-refractivity contribution in [2.24, 2.45) is 0 Å². The summed E-state index contributed by atoms with van der Waals surface area (Å²) in [4.78, 5) is 13.8. The van der Waals surface area contributed by atoms with Gasteiger partial charge in [0.15, 0.2) is 0 Å². The van der Waals surface area contributed by atoms with E-state index in [0.717, 1.165) is 0 Å². The average molecular weight is 264 g/mol. The molecule has 0 aliphatic carbocycles. The third kappa shape index (κ3) is 4.07. The van der Waals surface area contributed by atoms with Crippen molar-refractivity contribution >= 4 is 17.3 Å². The zero-order valence-corrected chi connectivity index (χ0v) is 9.41. The fourth-order valence-electron chi connectivity index (χ4n) is 1.19. The summed E-state index contributed by atoms with van der Waals surface area (Å²) in [6, 6.07) is 2.54. The van der Waals surface area contributed by atoms with Crippen molar-refractivity contribution in [3.8, 4) is 0 Å². The van der Waals surface area contributed by atoms with E-state index in [9.17, 15) is 23.3 Å². The number of anilines is 2. The summed E-state index contributed by atoms with van der Waals surface area (Å²) in [6.07, 6.45) is -5.40. The molecule has 0 fully saturated rings. The van der Waals surface area contributed by atoms with Crippen LogP contribution in [0.2, 0.25) is 0 Å². The largest absolute Gasteiger partial charge is 0.390 e. The van der Waals surface area contributed by atoms with Crippen LogP contribution in [-0.4, -0.2) is 29.7 Å². The quantitative estimate of drug-likeness (QED) is 0.630. The lowest BCUT2D eigenvalue weighted by Crippen LogP contribution is -2.16. The predicted octanol–water partition coefficient (Wildman–Crippen LogP) is 2.40. The van der Waals surface area contributed by atoms with Crippen molar-refractivity contribution in [2.45, 2.75) is 12.6 Å². The summed E-state index contributed by atoms with van der Waals surface area (Å²) in [5.74, 6) is 0.145. The summed E-state index contributed by atoms with van der Waals surface area (Å²) in [7, 11) is 1.55. The summed E-state index contributed by atoms with van der Waals surface area (Å²) in [6.45, 7) is -0.468. The lowest BCUT2D eigenvalue weighted by atomic mass is 10.3. The molecule has 0 amide bonds. The molecule has 1 aromatic heterocycles. The highest BCUT2D eigenvalue weighted by atomic mass is 19.4. The Morgan fingerprint density at radius 2 is 2.11 bits per heavy atom. The number of alkyl halides is 3. The first-order valence-electron chi connectivity index (χ1n) is 4.97. The molecule has 0 saturated carbocycles. The van der Waals surface area contributed by atoms with Gasteiger partial charge in [0, 0.05) is 19.7 Å². The van der Waals surface area contributed by atoms with Gasteiger partial charge < -0.3 is 10.6 Å². The number of pyridine rings is 1. The standard InChI is InChI=1S/C9H11F3N4O2/c1-13-7-3-2-6(16(17)18)8(15-7)14-5-4-9(10,11)12/h2-3H,4-5H2,1H3,(H2,13,14,15). The highest BCUT2D eigenvalue weighted by Crippen LogP contribution is 2.25. The second-order valence-corrected chi connectivity index (χ2v) is 3.36. The minimum atomic E-state index is -4.32. The number of nitro groups is 1. The number of nitrogens with zero attached hydrogens (tertiary/aromatic N) is 2. The van der Waals surface area contributed by atoms with Gasteiger partial charge in [0.2, 0.25) is 5.82 Å². The molecule has 0 unspecified atom stereocenters. The van der Waals surface area contributed by atoms with Crippen LogP contribution in [0.1, 0.15) is 6.42 Å². The molecule has 0 aromatic carbocycles. The molecule has 6 nitrogen and oxygen atoms in total. The highest BCUT2D eigenvalue weighted by molar-refractivity contribution is 5.60. The summed E-state index contributed by atoms with van der Waals surface area (Å²) < 4.78 is 35.9. The van der Waals surface area contributed by atoms with Gasteiger partial charge in [-0.25, -0.2) is 4.98 Å². The first-order valence-corrected chi connectivity index (χ1v) is 4.97. The molecule has 9 heteroatoms. The summed E-state index contributed by atoms with van der Waals surface area (Å²) in [5.41, 5.74) is -0.365. The number of halogens is 3. The Labute approximate surface area is 100 Å². The molecule has 1 aromatic rings. The van der Waals surface area contributed by atoms with Crippen molar-refractivity contribution < 1.29 is 18.1 Å². The molecule has 0 atom stereocenters. The van der Waals surface area contributed by atoms with Crippen LogP contribution in [0, 0.1) is 10.1 Å².